The van der Waals surface area contributed by atoms with Crippen molar-refractivity contribution in [1.82, 2.24) is 0 Å². The molecule has 0 aliphatic carbocycles. The SMILES string of the molecule is COCCOc1cccc(F)c1Br. The van der Waals surface area contributed by atoms with Gasteiger partial charge in [-0.15, -0.1) is 0 Å². The third kappa shape index (κ3) is 2.97. The van der Waals surface area contributed by atoms with E-state index in [0.717, 1.165) is 0 Å². The molecule has 0 aromatic heterocycles. The molecule has 0 saturated heterocycles. The van der Waals surface area contributed by atoms with Gasteiger partial charge in [0.15, 0.2) is 0 Å². The second kappa shape index (κ2) is 5.19. The number of hydrogen-bond donors (Lipinski definition) is 0. The first-order valence-electron chi connectivity index (χ1n) is 3.81. The highest BCUT2D eigenvalue weighted by molar-refractivity contribution is 9.10. The number of ether oxygens (including phenoxy) is 2. The summed E-state index contributed by atoms with van der Waals surface area (Å²) in [5.74, 6) is 0.173. The van der Waals surface area contributed by atoms with Gasteiger partial charge in [-0.2, -0.15) is 0 Å². The highest BCUT2D eigenvalue weighted by Gasteiger charge is 2.04. The average Bonchev–Trinajstić information content (AvgIpc) is 2.13. The minimum Gasteiger partial charge on any atom is -0.490 e. The van der Waals surface area contributed by atoms with E-state index in [4.69, 9.17) is 9.47 Å². The zero-order valence-corrected chi connectivity index (χ0v) is 8.80. The van der Waals surface area contributed by atoms with Crippen LogP contribution in [0, 0.1) is 5.82 Å². The highest BCUT2D eigenvalue weighted by atomic mass is 79.9. The molecule has 0 radical (unpaired) electrons. The lowest BCUT2D eigenvalue weighted by Crippen LogP contribution is -2.04. The molecule has 2 nitrogen and oxygen atoms in total. The van der Waals surface area contributed by atoms with Crippen LogP contribution < -0.4 is 4.74 Å². The molecule has 1 aromatic rings. The van der Waals surface area contributed by atoms with E-state index in [1.807, 2.05) is 0 Å². The topological polar surface area (TPSA) is 18.5 Å². The minimum atomic E-state index is -0.324. The third-order valence-electron chi connectivity index (χ3n) is 1.46. The number of hydrogen-bond acceptors (Lipinski definition) is 2. The van der Waals surface area contributed by atoms with E-state index in [9.17, 15) is 4.39 Å². The van der Waals surface area contributed by atoms with Crippen LogP contribution in [0.25, 0.3) is 0 Å². The lowest BCUT2D eigenvalue weighted by molar-refractivity contribution is 0.145. The predicted molar refractivity (Wildman–Crippen MR) is 51.5 cm³/mol. The van der Waals surface area contributed by atoms with Gasteiger partial charge >= 0.3 is 0 Å². The van der Waals surface area contributed by atoms with Crippen LogP contribution in [0.5, 0.6) is 5.75 Å². The van der Waals surface area contributed by atoms with Gasteiger partial charge in [-0.1, -0.05) is 6.07 Å². The van der Waals surface area contributed by atoms with Gasteiger partial charge in [-0.25, -0.2) is 4.39 Å². The van der Waals surface area contributed by atoms with Gasteiger partial charge in [0.1, 0.15) is 18.2 Å². The second-order valence-electron chi connectivity index (χ2n) is 2.39. The molecule has 0 amide bonds. The van der Waals surface area contributed by atoms with E-state index in [1.165, 1.54) is 6.07 Å². The summed E-state index contributed by atoms with van der Waals surface area (Å²) in [6.45, 7) is 0.904. The molecule has 0 fully saturated rings. The lowest BCUT2D eigenvalue weighted by atomic mass is 10.3. The molecule has 0 atom stereocenters. The number of methoxy groups -OCH3 is 1. The molecule has 0 heterocycles. The molecule has 72 valence electrons. The molecular formula is C9H10BrFO2. The summed E-state index contributed by atoms with van der Waals surface area (Å²) in [6, 6.07) is 4.66. The van der Waals surface area contributed by atoms with Crippen molar-refractivity contribution in [3.8, 4) is 5.75 Å². The van der Waals surface area contributed by atoms with Crippen molar-refractivity contribution in [2.24, 2.45) is 0 Å². The van der Waals surface area contributed by atoms with Crippen molar-refractivity contribution in [3.05, 3.63) is 28.5 Å². The molecule has 0 bridgehead atoms. The zero-order chi connectivity index (χ0) is 9.68. The zero-order valence-electron chi connectivity index (χ0n) is 7.22. The summed E-state index contributed by atoms with van der Waals surface area (Å²) in [7, 11) is 1.59. The predicted octanol–water partition coefficient (Wildman–Crippen LogP) is 2.61. The van der Waals surface area contributed by atoms with Crippen molar-refractivity contribution in [2.45, 2.75) is 0 Å². The highest BCUT2D eigenvalue weighted by Crippen LogP contribution is 2.27. The molecule has 4 heteroatoms. The van der Waals surface area contributed by atoms with Crippen LogP contribution in [0.15, 0.2) is 22.7 Å². The fourth-order valence-electron chi connectivity index (χ4n) is 0.830. The van der Waals surface area contributed by atoms with Crippen molar-refractivity contribution in [2.75, 3.05) is 20.3 Å². The first-order valence-corrected chi connectivity index (χ1v) is 4.60. The van der Waals surface area contributed by atoms with Gasteiger partial charge in [0, 0.05) is 7.11 Å². The molecule has 1 aromatic carbocycles. The van der Waals surface area contributed by atoms with Crippen LogP contribution in [0.2, 0.25) is 0 Å². The molecule has 1 rings (SSSR count). The van der Waals surface area contributed by atoms with Crippen molar-refractivity contribution < 1.29 is 13.9 Å². The Bertz CT molecular complexity index is 278. The Balaban J connectivity index is 2.61. The van der Waals surface area contributed by atoms with Gasteiger partial charge in [0.05, 0.1) is 11.1 Å². The van der Waals surface area contributed by atoms with E-state index in [2.05, 4.69) is 15.9 Å². The Morgan fingerprint density at radius 1 is 1.38 bits per heavy atom. The van der Waals surface area contributed by atoms with Gasteiger partial charge in [0.2, 0.25) is 0 Å². The van der Waals surface area contributed by atoms with Crippen molar-refractivity contribution in [1.29, 1.82) is 0 Å². The van der Waals surface area contributed by atoms with Crippen LogP contribution in [0.1, 0.15) is 0 Å². The largest absolute Gasteiger partial charge is 0.490 e. The van der Waals surface area contributed by atoms with Gasteiger partial charge in [-0.3, -0.25) is 0 Å². The average molecular weight is 249 g/mol. The standard InChI is InChI=1S/C9H10BrFO2/c1-12-5-6-13-8-4-2-3-7(11)9(8)10/h2-4H,5-6H2,1H3. The molecule has 0 saturated carbocycles. The fourth-order valence-corrected chi connectivity index (χ4v) is 1.21. The first kappa shape index (κ1) is 10.5. The quantitative estimate of drug-likeness (QED) is 0.763. The van der Waals surface area contributed by atoms with Gasteiger partial charge in [0.25, 0.3) is 0 Å². The molecular weight excluding hydrogens is 239 g/mol. The monoisotopic (exact) mass is 248 g/mol. The summed E-state index contributed by atoms with van der Waals surface area (Å²) in [5, 5.41) is 0. The molecule has 0 spiro atoms. The number of rotatable bonds is 4. The fraction of sp³-hybridized carbons (Fsp3) is 0.333. The molecule has 0 unspecified atom stereocenters. The Morgan fingerprint density at radius 2 is 2.15 bits per heavy atom. The lowest BCUT2D eigenvalue weighted by Gasteiger charge is -2.07. The minimum absolute atomic E-state index is 0.324. The van der Waals surface area contributed by atoms with Gasteiger partial charge in [-0.05, 0) is 28.1 Å². The van der Waals surface area contributed by atoms with Crippen LogP contribution in [-0.4, -0.2) is 20.3 Å². The Hall–Kier alpha value is -0.610. The third-order valence-corrected chi connectivity index (χ3v) is 2.23. The molecule has 13 heavy (non-hydrogen) atoms. The Morgan fingerprint density at radius 3 is 2.85 bits per heavy atom. The van der Waals surface area contributed by atoms with Crippen molar-refractivity contribution in [3.63, 3.8) is 0 Å². The summed E-state index contributed by atoms with van der Waals surface area (Å²) in [5.41, 5.74) is 0. The smallest absolute Gasteiger partial charge is 0.141 e. The van der Waals surface area contributed by atoms with E-state index in [0.29, 0.717) is 23.4 Å². The second-order valence-corrected chi connectivity index (χ2v) is 3.19. The molecule has 0 aliphatic rings. The normalized spacial score (nSPS) is 10.1. The number of halogens is 2. The maximum absolute atomic E-state index is 12.9. The van der Waals surface area contributed by atoms with Crippen LogP contribution in [0.4, 0.5) is 4.39 Å². The van der Waals surface area contributed by atoms with E-state index >= 15 is 0 Å². The Kier molecular flexibility index (Phi) is 4.18. The van der Waals surface area contributed by atoms with Crippen molar-refractivity contribution >= 4 is 15.9 Å². The first-order chi connectivity index (χ1) is 6.25. The summed E-state index contributed by atoms with van der Waals surface area (Å²) in [6.07, 6.45) is 0. The van der Waals surface area contributed by atoms with Crippen LogP contribution in [0.3, 0.4) is 0 Å². The van der Waals surface area contributed by atoms with Gasteiger partial charge < -0.3 is 9.47 Å². The molecule has 0 aliphatic heterocycles. The van der Waals surface area contributed by atoms with E-state index in [1.54, 1.807) is 19.2 Å². The maximum Gasteiger partial charge on any atom is 0.141 e. The number of benzene rings is 1. The van der Waals surface area contributed by atoms with Crippen LogP contribution in [-0.2, 0) is 4.74 Å². The maximum atomic E-state index is 12.9. The summed E-state index contributed by atoms with van der Waals surface area (Å²) >= 11 is 3.09. The van der Waals surface area contributed by atoms with Crippen LogP contribution >= 0.6 is 15.9 Å². The summed E-state index contributed by atoms with van der Waals surface area (Å²) < 4.78 is 23.3. The molecule has 0 N–H and O–H groups in total. The summed E-state index contributed by atoms with van der Waals surface area (Å²) in [4.78, 5) is 0. The van der Waals surface area contributed by atoms with E-state index in [-0.39, 0.29) is 5.82 Å². The Labute approximate surface area is 84.8 Å². The van der Waals surface area contributed by atoms with E-state index < -0.39 is 0 Å².